The summed E-state index contributed by atoms with van der Waals surface area (Å²) in [5.74, 6) is 0.00108. The molecule has 3 rings (SSSR count). The summed E-state index contributed by atoms with van der Waals surface area (Å²) < 4.78 is 0. The standard InChI is InChI=1S/C17H24N4O2/c1-11-9-13(10-19-15(11)18)20-16(22)17(23)21-8-3-2-7-14(21)12-5-4-6-12/h9-10,12,14H,2-8H2,1H3,(H2,18,19)(H,20,22). The lowest BCUT2D eigenvalue weighted by Crippen LogP contribution is -2.52. The molecule has 0 bridgehead atoms. The van der Waals surface area contributed by atoms with E-state index in [0.717, 1.165) is 24.8 Å². The van der Waals surface area contributed by atoms with E-state index in [2.05, 4.69) is 10.3 Å². The Balaban J connectivity index is 1.67. The summed E-state index contributed by atoms with van der Waals surface area (Å²) in [6.07, 6.45) is 8.22. The van der Waals surface area contributed by atoms with Crippen molar-refractivity contribution in [3.05, 3.63) is 17.8 Å². The summed E-state index contributed by atoms with van der Waals surface area (Å²) in [6, 6.07) is 1.97. The molecular weight excluding hydrogens is 292 g/mol. The van der Waals surface area contributed by atoms with Crippen LogP contribution in [-0.4, -0.2) is 34.3 Å². The SMILES string of the molecule is Cc1cc(NC(=O)C(=O)N2CCCCC2C2CCC2)cnc1N. The number of rotatable bonds is 2. The van der Waals surface area contributed by atoms with Crippen LogP contribution in [0.4, 0.5) is 11.5 Å². The second-order valence-corrected chi connectivity index (χ2v) is 6.63. The fourth-order valence-electron chi connectivity index (χ4n) is 3.49. The number of nitrogens with two attached hydrogens (primary N) is 1. The predicted molar refractivity (Wildman–Crippen MR) is 88.7 cm³/mol. The average Bonchev–Trinajstić information content (AvgIpc) is 2.49. The highest BCUT2D eigenvalue weighted by molar-refractivity contribution is 6.39. The van der Waals surface area contributed by atoms with Crippen LogP contribution in [0, 0.1) is 12.8 Å². The molecule has 2 aliphatic rings. The summed E-state index contributed by atoms with van der Waals surface area (Å²) in [6.45, 7) is 2.50. The lowest BCUT2D eigenvalue weighted by Gasteiger charge is -2.43. The molecule has 124 valence electrons. The number of carbonyl (C=O) groups excluding carboxylic acids is 2. The molecule has 0 spiro atoms. The summed E-state index contributed by atoms with van der Waals surface area (Å²) in [4.78, 5) is 30.7. The zero-order valence-electron chi connectivity index (χ0n) is 13.5. The van der Waals surface area contributed by atoms with Gasteiger partial charge in [-0.05, 0) is 56.6 Å². The molecule has 6 nitrogen and oxygen atoms in total. The number of aryl methyl sites for hydroxylation is 1. The number of carbonyl (C=O) groups is 2. The number of aromatic nitrogens is 1. The van der Waals surface area contributed by atoms with Crippen LogP contribution in [0.5, 0.6) is 0 Å². The Kier molecular flexibility index (Phi) is 4.50. The van der Waals surface area contributed by atoms with Gasteiger partial charge in [0.25, 0.3) is 0 Å². The zero-order chi connectivity index (χ0) is 16.4. The smallest absolute Gasteiger partial charge is 0.313 e. The quantitative estimate of drug-likeness (QED) is 0.818. The lowest BCUT2D eigenvalue weighted by atomic mass is 9.76. The number of nitrogens with one attached hydrogen (secondary N) is 1. The van der Waals surface area contributed by atoms with E-state index in [1.165, 1.54) is 25.5 Å². The van der Waals surface area contributed by atoms with Crippen molar-refractivity contribution >= 4 is 23.3 Å². The summed E-state index contributed by atoms with van der Waals surface area (Å²) in [7, 11) is 0. The largest absolute Gasteiger partial charge is 0.383 e. The van der Waals surface area contributed by atoms with E-state index in [9.17, 15) is 9.59 Å². The fraction of sp³-hybridized carbons (Fsp3) is 0.588. The predicted octanol–water partition coefficient (Wildman–Crippen LogP) is 2.09. The Morgan fingerprint density at radius 1 is 1.26 bits per heavy atom. The van der Waals surface area contributed by atoms with Crippen LogP contribution in [0.15, 0.2) is 12.3 Å². The number of piperidine rings is 1. The zero-order valence-corrected chi connectivity index (χ0v) is 13.5. The molecule has 0 aromatic carbocycles. The van der Waals surface area contributed by atoms with Crippen molar-refractivity contribution < 1.29 is 9.59 Å². The minimum absolute atomic E-state index is 0.238. The number of hydrogen-bond donors (Lipinski definition) is 2. The van der Waals surface area contributed by atoms with E-state index in [1.54, 1.807) is 11.0 Å². The number of pyridine rings is 1. The fourth-order valence-corrected chi connectivity index (χ4v) is 3.49. The molecule has 1 aliphatic carbocycles. The molecule has 3 N–H and O–H groups in total. The van der Waals surface area contributed by atoms with Crippen molar-refractivity contribution in [1.82, 2.24) is 9.88 Å². The molecule has 23 heavy (non-hydrogen) atoms. The highest BCUT2D eigenvalue weighted by Gasteiger charge is 2.37. The Morgan fingerprint density at radius 3 is 2.70 bits per heavy atom. The third-order valence-corrected chi connectivity index (χ3v) is 5.07. The number of amides is 2. The molecule has 2 amide bonds. The Bertz CT molecular complexity index is 613. The maximum atomic E-state index is 12.6. The van der Waals surface area contributed by atoms with Crippen LogP contribution >= 0.6 is 0 Å². The first-order valence-corrected chi connectivity index (χ1v) is 8.40. The highest BCUT2D eigenvalue weighted by atomic mass is 16.2. The number of anilines is 2. The molecule has 1 saturated heterocycles. The van der Waals surface area contributed by atoms with Crippen molar-refractivity contribution in [2.45, 2.75) is 51.5 Å². The minimum atomic E-state index is -0.581. The van der Waals surface area contributed by atoms with Gasteiger partial charge in [0.15, 0.2) is 0 Å². The number of hydrogen-bond acceptors (Lipinski definition) is 4. The topological polar surface area (TPSA) is 88.3 Å². The average molecular weight is 316 g/mol. The number of nitrogens with zero attached hydrogens (tertiary/aromatic N) is 2. The molecule has 1 atom stereocenters. The van der Waals surface area contributed by atoms with Crippen molar-refractivity contribution in [3.8, 4) is 0 Å². The van der Waals surface area contributed by atoms with E-state index in [0.29, 0.717) is 24.0 Å². The van der Waals surface area contributed by atoms with Crippen LogP contribution in [0.3, 0.4) is 0 Å². The Labute approximate surface area is 136 Å². The van der Waals surface area contributed by atoms with Crippen LogP contribution in [0.1, 0.15) is 44.1 Å². The number of nitrogen functional groups attached to an aromatic ring is 1. The van der Waals surface area contributed by atoms with Gasteiger partial charge in [0.2, 0.25) is 0 Å². The van der Waals surface area contributed by atoms with Crippen molar-refractivity contribution in [3.63, 3.8) is 0 Å². The van der Waals surface area contributed by atoms with E-state index >= 15 is 0 Å². The van der Waals surface area contributed by atoms with Crippen molar-refractivity contribution in [1.29, 1.82) is 0 Å². The summed E-state index contributed by atoms with van der Waals surface area (Å²) in [5.41, 5.74) is 6.96. The molecule has 2 fully saturated rings. The van der Waals surface area contributed by atoms with E-state index in [4.69, 9.17) is 5.73 Å². The monoisotopic (exact) mass is 316 g/mol. The van der Waals surface area contributed by atoms with Gasteiger partial charge in [0.05, 0.1) is 11.9 Å². The first-order valence-electron chi connectivity index (χ1n) is 8.40. The first kappa shape index (κ1) is 15.8. The van der Waals surface area contributed by atoms with Crippen LogP contribution in [0.25, 0.3) is 0 Å². The molecular formula is C17H24N4O2. The third kappa shape index (κ3) is 3.30. The first-order chi connectivity index (χ1) is 11.1. The third-order valence-electron chi connectivity index (χ3n) is 5.07. The van der Waals surface area contributed by atoms with Gasteiger partial charge in [-0.3, -0.25) is 9.59 Å². The van der Waals surface area contributed by atoms with Gasteiger partial charge in [-0.25, -0.2) is 4.98 Å². The maximum absolute atomic E-state index is 12.6. The lowest BCUT2D eigenvalue weighted by molar-refractivity contribution is -0.147. The molecule has 1 aromatic rings. The molecule has 1 unspecified atom stereocenters. The van der Waals surface area contributed by atoms with Gasteiger partial charge in [-0.1, -0.05) is 6.42 Å². The Hall–Kier alpha value is -2.11. The van der Waals surface area contributed by atoms with Crippen molar-refractivity contribution in [2.75, 3.05) is 17.6 Å². The van der Waals surface area contributed by atoms with Crippen LogP contribution in [-0.2, 0) is 9.59 Å². The number of likely N-dealkylation sites (tertiary alicyclic amines) is 1. The van der Waals surface area contributed by atoms with E-state index in [1.807, 2.05) is 6.92 Å². The second-order valence-electron chi connectivity index (χ2n) is 6.63. The van der Waals surface area contributed by atoms with Gasteiger partial charge in [0, 0.05) is 12.6 Å². The van der Waals surface area contributed by atoms with E-state index in [-0.39, 0.29) is 6.04 Å². The maximum Gasteiger partial charge on any atom is 0.313 e. The highest BCUT2D eigenvalue weighted by Crippen LogP contribution is 2.36. The van der Waals surface area contributed by atoms with E-state index < -0.39 is 11.8 Å². The van der Waals surface area contributed by atoms with Gasteiger partial charge in [-0.2, -0.15) is 0 Å². The Morgan fingerprint density at radius 2 is 2.04 bits per heavy atom. The molecule has 0 radical (unpaired) electrons. The summed E-state index contributed by atoms with van der Waals surface area (Å²) in [5, 5.41) is 2.65. The van der Waals surface area contributed by atoms with Gasteiger partial charge in [0.1, 0.15) is 5.82 Å². The summed E-state index contributed by atoms with van der Waals surface area (Å²) >= 11 is 0. The van der Waals surface area contributed by atoms with Crippen molar-refractivity contribution in [2.24, 2.45) is 5.92 Å². The minimum Gasteiger partial charge on any atom is -0.383 e. The van der Waals surface area contributed by atoms with Crippen LogP contribution < -0.4 is 11.1 Å². The normalized spacial score (nSPS) is 21.6. The van der Waals surface area contributed by atoms with Gasteiger partial charge >= 0.3 is 11.8 Å². The van der Waals surface area contributed by atoms with Gasteiger partial charge < -0.3 is 16.0 Å². The molecule has 1 saturated carbocycles. The molecule has 1 aliphatic heterocycles. The van der Waals surface area contributed by atoms with Crippen LogP contribution in [0.2, 0.25) is 0 Å². The molecule has 2 heterocycles. The van der Waals surface area contributed by atoms with Gasteiger partial charge in [-0.15, -0.1) is 0 Å². The second kappa shape index (κ2) is 6.56. The molecule has 1 aromatic heterocycles. The molecule has 6 heteroatoms.